The minimum absolute atomic E-state index is 0. The van der Waals surface area contributed by atoms with Gasteiger partial charge in [-0.1, -0.05) is 13.8 Å². The number of halogens is 1. The van der Waals surface area contributed by atoms with Crippen molar-refractivity contribution >= 4 is 24.3 Å². The van der Waals surface area contributed by atoms with Crippen LogP contribution in [0.4, 0.5) is 5.95 Å². The summed E-state index contributed by atoms with van der Waals surface area (Å²) in [5.74, 6) is 0.817. The largest absolute Gasteiger partial charge is 0.325 e. The number of nitrogens with zero attached hydrogens (tertiary/aromatic N) is 3. The maximum absolute atomic E-state index is 12.2. The number of pyridine rings is 1. The first kappa shape index (κ1) is 17.1. The van der Waals surface area contributed by atoms with E-state index in [4.69, 9.17) is 5.73 Å². The van der Waals surface area contributed by atoms with Crippen molar-refractivity contribution in [3.8, 4) is 0 Å². The molecule has 0 spiro atoms. The Hall–Kier alpha value is -1.92. The number of hydrogen-bond donors (Lipinski definition) is 2. The maximum atomic E-state index is 12.2. The van der Waals surface area contributed by atoms with Gasteiger partial charge < -0.3 is 10.3 Å². The van der Waals surface area contributed by atoms with Crippen LogP contribution in [0.2, 0.25) is 0 Å². The van der Waals surface area contributed by atoms with Crippen molar-refractivity contribution in [2.75, 3.05) is 5.32 Å². The van der Waals surface area contributed by atoms with Crippen LogP contribution in [0, 0.1) is 5.92 Å². The third kappa shape index (κ3) is 4.54. The van der Waals surface area contributed by atoms with E-state index in [-0.39, 0.29) is 18.3 Å². The van der Waals surface area contributed by atoms with Crippen LogP contribution in [0.3, 0.4) is 0 Å². The van der Waals surface area contributed by atoms with Crippen molar-refractivity contribution in [2.24, 2.45) is 11.7 Å². The number of imidazole rings is 1. The Labute approximate surface area is 130 Å². The number of amides is 1. The molecule has 2 heterocycles. The van der Waals surface area contributed by atoms with Gasteiger partial charge in [-0.05, 0) is 18.1 Å². The van der Waals surface area contributed by atoms with Crippen LogP contribution in [0.1, 0.15) is 29.9 Å². The summed E-state index contributed by atoms with van der Waals surface area (Å²) in [7, 11) is 0. The zero-order valence-corrected chi connectivity index (χ0v) is 12.9. The first-order valence-electron chi connectivity index (χ1n) is 6.57. The number of nitrogens with two attached hydrogens (primary N) is 1. The molecule has 0 aliphatic rings. The van der Waals surface area contributed by atoms with Crippen LogP contribution in [0.25, 0.3) is 0 Å². The SMILES string of the molecule is CC(C)Cn1ccnc1NC(=O)c1ccnc(CN)c1.Cl. The monoisotopic (exact) mass is 309 g/mol. The third-order valence-corrected chi connectivity index (χ3v) is 2.79. The summed E-state index contributed by atoms with van der Waals surface area (Å²) in [4.78, 5) is 20.4. The summed E-state index contributed by atoms with van der Waals surface area (Å²) < 4.78 is 1.92. The van der Waals surface area contributed by atoms with Crippen molar-refractivity contribution in [2.45, 2.75) is 26.9 Å². The molecule has 0 atom stereocenters. The van der Waals surface area contributed by atoms with Crippen LogP contribution in [-0.4, -0.2) is 20.4 Å². The van der Waals surface area contributed by atoms with Crippen molar-refractivity contribution in [1.82, 2.24) is 14.5 Å². The van der Waals surface area contributed by atoms with E-state index in [2.05, 4.69) is 29.1 Å². The lowest BCUT2D eigenvalue weighted by Gasteiger charge is -2.11. The van der Waals surface area contributed by atoms with E-state index >= 15 is 0 Å². The number of anilines is 1. The Morgan fingerprint density at radius 3 is 2.81 bits per heavy atom. The van der Waals surface area contributed by atoms with Crippen molar-refractivity contribution in [3.05, 3.63) is 42.0 Å². The summed E-state index contributed by atoms with van der Waals surface area (Å²) in [5.41, 5.74) is 6.73. The number of carbonyl (C=O) groups is 1. The summed E-state index contributed by atoms with van der Waals surface area (Å²) in [6, 6.07) is 3.34. The predicted octanol–water partition coefficient (Wildman–Crippen LogP) is 2.07. The Bertz CT molecular complexity index is 597. The summed E-state index contributed by atoms with van der Waals surface area (Å²) >= 11 is 0. The van der Waals surface area contributed by atoms with Gasteiger partial charge in [0.05, 0.1) is 5.69 Å². The lowest BCUT2D eigenvalue weighted by atomic mass is 10.2. The summed E-state index contributed by atoms with van der Waals surface area (Å²) in [6.45, 7) is 5.34. The quantitative estimate of drug-likeness (QED) is 0.885. The van der Waals surface area contributed by atoms with Gasteiger partial charge in [-0.2, -0.15) is 0 Å². The molecule has 2 aromatic heterocycles. The molecule has 0 saturated carbocycles. The van der Waals surface area contributed by atoms with E-state index in [1.54, 1.807) is 24.5 Å². The van der Waals surface area contributed by atoms with E-state index in [0.29, 0.717) is 29.7 Å². The molecule has 1 amide bonds. The van der Waals surface area contributed by atoms with Gasteiger partial charge in [0.15, 0.2) is 0 Å². The molecular weight excluding hydrogens is 290 g/mol. The smallest absolute Gasteiger partial charge is 0.258 e. The van der Waals surface area contributed by atoms with E-state index in [1.807, 2.05) is 10.8 Å². The van der Waals surface area contributed by atoms with Crippen LogP contribution < -0.4 is 11.1 Å². The molecule has 0 saturated heterocycles. The van der Waals surface area contributed by atoms with Gasteiger partial charge in [-0.25, -0.2) is 4.98 Å². The summed E-state index contributed by atoms with van der Waals surface area (Å²) in [6.07, 6.45) is 5.11. The molecule has 21 heavy (non-hydrogen) atoms. The van der Waals surface area contributed by atoms with Gasteiger partial charge in [0, 0.05) is 37.2 Å². The van der Waals surface area contributed by atoms with Crippen LogP contribution in [0.15, 0.2) is 30.7 Å². The number of nitrogens with one attached hydrogen (secondary N) is 1. The number of hydrogen-bond acceptors (Lipinski definition) is 4. The minimum Gasteiger partial charge on any atom is -0.325 e. The van der Waals surface area contributed by atoms with Gasteiger partial charge in [-0.3, -0.25) is 15.1 Å². The van der Waals surface area contributed by atoms with Crippen molar-refractivity contribution in [1.29, 1.82) is 0 Å². The fraction of sp³-hybridized carbons (Fsp3) is 0.357. The second-order valence-electron chi connectivity index (χ2n) is 4.99. The molecule has 0 aromatic carbocycles. The average Bonchev–Trinajstić information content (AvgIpc) is 2.85. The number of rotatable bonds is 5. The molecule has 2 aromatic rings. The van der Waals surface area contributed by atoms with Gasteiger partial charge >= 0.3 is 0 Å². The molecular formula is C14H20ClN5O. The molecule has 0 bridgehead atoms. The molecule has 3 N–H and O–H groups in total. The normalized spacial score (nSPS) is 10.3. The van der Waals surface area contributed by atoms with Crippen LogP contribution in [-0.2, 0) is 13.1 Å². The highest BCUT2D eigenvalue weighted by Gasteiger charge is 2.11. The lowest BCUT2D eigenvalue weighted by molar-refractivity contribution is 0.102. The first-order valence-corrected chi connectivity index (χ1v) is 6.57. The van der Waals surface area contributed by atoms with E-state index < -0.39 is 0 Å². The Morgan fingerprint density at radius 1 is 1.38 bits per heavy atom. The van der Waals surface area contributed by atoms with Crippen molar-refractivity contribution in [3.63, 3.8) is 0 Å². The molecule has 0 unspecified atom stereocenters. The molecule has 6 nitrogen and oxygen atoms in total. The first-order chi connectivity index (χ1) is 9.60. The molecule has 0 radical (unpaired) electrons. The second-order valence-corrected chi connectivity index (χ2v) is 4.99. The molecule has 7 heteroatoms. The average molecular weight is 310 g/mol. The molecule has 0 fully saturated rings. The zero-order chi connectivity index (χ0) is 14.5. The van der Waals surface area contributed by atoms with Gasteiger partial charge in [-0.15, -0.1) is 12.4 Å². The molecule has 2 rings (SSSR count). The molecule has 0 aliphatic carbocycles. The highest BCUT2D eigenvalue weighted by Crippen LogP contribution is 2.10. The number of aromatic nitrogens is 3. The highest BCUT2D eigenvalue weighted by molar-refractivity contribution is 6.03. The Kier molecular flexibility index (Phi) is 6.33. The van der Waals surface area contributed by atoms with Crippen LogP contribution >= 0.6 is 12.4 Å². The Balaban J connectivity index is 0.00000220. The predicted molar refractivity (Wildman–Crippen MR) is 84.4 cm³/mol. The zero-order valence-electron chi connectivity index (χ0n) is 12.1. The molecule has 114 valence electrons. The number of carbonyl (C=O) groups excluding carboxylic acids is 1. The van der Waals surface area contributed by atoms with Gasteiger partial charge in [0.1, 0.15) is 0 Å². The van der Waals surface area contributed by atoms with Crippen LogP contribution in [0.5, 0.6) is 0 Å². The van der Waals surface area contributed by atoms with E-state index in [1.165, 1.54) is 0 Å². The maximum Gasteiger partial charge on any atom is 0.258 e. The summed E-state index contributed by atoms with van der Waals surface area (Å²) in [5, 5.41) is 2.81. The standard InChI is InChI=1S/C14H19N5O.ClH/c1-10(2)9-19-6-5-17-14(19)18-13(20)11-3-4-16-12(7-11)8-15;/h3-7,10H,8-9,15H2,1-2H3,(H,17,18,20);1H. The van der Waals surface area contributed by atoms with Gasteiger partial charge in [0.25, 0.3) is 5.91 Å². The fourth-order valence-electron chi connectivity index (χ4n) is 1.88. The van der Waals surface area contributed by atoms with E-state index in [0.717, 1.165) is 6.54 Å². The topological polar surface area (TPSA) is 85.8 Å². The van der Waals surface area contributed by atoms with Gasteiger partial charge in [0.2, 0.25) is 5.95 Å². The van der Waals surface area contributed by atoms with Crippen molar-refractivity contribution < 1.29 is 4.79 Å². The fourth-order valence-corrected chi connectivity index (χ4v) is 1.88. The lowest BCUT2D eigenvalue weighted by Crippen LogP contribution is -2.17. The van der Waals surface area contributed by atoms with E-state index in [9.17, 15) is 4.79 Å². The third-order valence-electron chi connectivity index (χ3n) is 2.79. The Morgan fingerprint density at radius 2 is 2.14 bits per heavy atom. The minimum atomic E-state index is -0.210. The molecule has 0 aliphatic heterocycles. The highest BCUT2D eigenvalue weighted by atomic mass is 35.5. The second kappa shape index (κ2) is 7.75.